The molecule has 0 spiro atoms. The minimum absolute atomic E-state index is 0.0424. The van der Waals surface area contributed by atoms with E-state index >= 15 is 0 Å². The van der Waals surface area contributed by atoms with Gasteiger partial charge in [0.05, 0.1) is 6.42 Å². The zero-order valence-electron chi connectivity index (χ0n) is 7.12. The van der Waals surface area contributed by atoms with Crippen molar-refractivity contribution in [1.29, 1.82) is 0 Å². The molecule has 1 fully saturated rings. The number of carbonyl (C=O) groups is 1. The minimum Gasteiger partial charge on any atom is -0.481 e. The first-order valence-electron chi connectivity index (χ1n) is 4.28. The molecule has 5 N–H and O–H groups in total. The molecule has 12 heavy (non-hydrogen) atoms. The number of nitrogens with two attached hydrogens (primary N) is 2. The van der Waals surface area contributed by atoms with Crippen molar-refractivity contribution < 1.29 is 9.90 Å². The Balaban J connectivity index is 2.51. The summed E-state index contributed by atoms with van der Waals surface area (Å²) in [5.74, 6) is -0.827. The van der Waals surface area contributed by atoms with Crippen LogP contribution in [0, 0.1) is 0 Å². The van der Waals surface area contributed by atoms with Gasteiger partial charge in [-0.3, -0.25) is 4.79 Å². The average molecular weight is 172 g/mol. The molecule has 4 heteroatoms. The second kappa shape index (κ2) is 3.41. The normalized spacial score (nSPS) is 36.3. The van der Waals surface area contributed by atoms with Crippen molar-refractivity contribution in [2.75, 3.05) is 0 Å². The smallest absolute Gasteiger partial charge is 0.305 e. The summed E-state index contributed by atoms with van der Waals surface area (Å²) in [6.45, 7) is 0. The van der Waals surface area contributed by atoms with E-state index < -0.39 is 11.5 Å². The molecule has 2 atom stereocenters. The molecule has 0 amide bonds. The van der Waals surface area contributed by atoms with Crippen LogP contribution >= 0.6 is 0 Å². The van der Waals surface area contributed by atoms with E-state index in [0.29, 0.717) is 6.42 Å². The third kappa shape index (κ3) is 2.46. The Labute approximate surface area is 71.9 Å². The van der Waals surface area contributed by atoms with Crippen LogP contribution in [0.2, 0.25) is 0 Å². The van der Waals surface area contributed by atoms with Crippen LogP contribution in [0.5, 0.6) is 0 Å². The lowest BCUT2D eigenvalue weighted by molar-refractivity contribution is -0.138. The molecule has 1 aliphatic rings. The highest BCUT2D eigenvalue weighted by molar-refractivity contribution is 5.68. The van der Waals surface area contributed by atoms with E-state index in [2.05, 4.69) is 0 Å². The van der Waals surface area contributed by atoms with Crippen molar-refractivity contribution in [3.8, 4) is 0 Å². The Hall–Kier alpha value is -0.610. The Bertz CT molecular complexity index is 184. The average Bonchev–Trinajstić information content (AvgIpc) is 1.82. The van der Waals surface area contributed by atoms with Crippen molar-refractivity contribution in [3.63, 3.8) is 0 Å². The molecule has 0 aromatic heterocycles. The van der Waals surface area contributed by atoms with Gasteiger partial charge in [0, 0.05) is 11.6 Å². The highest BCUT2D eigenvalue weighted by atomic mass is 16.4. The molecule has 0 saturated heterocycles. The van der Waals surface area contributed by atoms with E-state index in [9.17, 15) is 4.79 Å². The van der Waals surface area contributed by atoms with Gasteiger partial charge in [-0.1, -0.05) is 6.42 Å². The lowest BCUT2D eigenvalue weighted by Gasteiger charge is -2.35. The van der Waals surface area contributed by atoms with Crippen LogP contribution in [0.1, 0.15) is 32.1 Å². The topological polar surface area (TPSA) is 89.3 Å². The van der Waals surface area contributed by atoms with Crippen LogP contribution in [0.25, 0.3) is 0 Å². The van der Waals surface area contributed by atoms with Gasteiger partial charge in [0.25, 0.3) is 0 Å². The molecule has 0 aliphatic heterocycles. The summed E-state index contributed by atoms with van der Waals surface area (Å²) in [5.41, 5.74) is 11.1. The highest BCUT2D eigenvalue weighted by Crippen LogP contribution is 2.27. The SMILES string of the molecule is NC1CCCC(N)(CC(=O)O)C1. The zero-order chi connectivity index (χ0) is 9.19. The van der Waals surface area contributed by atoms with Gasteiger partial charge in [-0.15, -0.1) is 0 Å². The van der Waals surface area contributed by atoms with Crippen molar-refractivity contribution >= 4 is 5.97 Å². The molecule has 2 unspecified atom stereocenters. The quantitative estimate of drug-likeness (QED) is 0.549. The van der Waals surface area contributed by atoms with Gasteiger partial charge in [-0.25, -0.2) is 0 Å². The maximum absolute atomic E-state index is 10.5. The van der Waals surface area contributed by atoms with Crippen LogP contribution in [0.4, 0.5) is 0 Å². The Morgan fingerprint density at radius 2 is 2.33 bits per heavy atom. The second-order valence-electron chi connectivity index (χ2n) is 3.79. The van der Waals surface area contributed by atoms with E-state index in [1.54, 1.807) is 0 Å². The first-order chi connectivity index (χ1) is 5.52. The van der Waals surface area contributed by atoms with Gasteiger partial charge in [0.2, 0.25) is 0 Å². The number of rotatable bonds is 2. The standard InChI is InChI=1S/C8H16N2O2/c9-6-2-1-3-8(10,4-6)5-7(11)12/h6H,1-5,9-10H2,(H,11,12). The number of carboxylic acid groups (broad SMARTS) is 1. The number of aliphatic carboxylic acids is 1. The molecule has 70 valence electrons. The molecule has 1 rings (SSSR count). The number of carboxylic acids is 1. The van der Waals surface area contributed by atoms with Gasteiger partial charge in [-0.2, -0.15) is 0 Å². The zero-order valence-corrected chi connectivity index (χ0v) is 7.12. The van der Waals surface area contributed by atoms with Gasteiger partial charge in [0.15, 0.2) is 0 Å². The highest BCUT2D eigenvalue weighted by Gasteiger charge is 2.33. The van der Waals surface area contributed by atoms with Crippen LogP contribution in [0.3, 0.4) is 0 Å². The van der Waals surface area contributed by atoms with Crippen LogP contribution in [0.15, 0.2) is 0 Å². The Morgan fingerprint density at radius 3 is 2.83 bits per heavy atom. The summed E-state index contributed by atoms with van der Waals surface area (Å²) in [5, 5.41) is 8.60. The van der Waals surface area contributed by atoms with E-state index in [1.165, 1.54) is 0 Å². The molecule has 0 aromatic rings. The van der Waals surface area contributed by atoms with Crippen molar-refractivity contribution in [2.24, 2.45) is 11.5 Å². The molecule has 1 aliphatic carbocycles. The van der Waals surface area contributed by atoms with Gasteiger partial charge >= 0.3 is 5.97 Å². The molecular formula is C8H16N2O2. The third-order valence-electron chi connectivity index (χ3n) is 2.42. The van der Waals surface area contributed by atoms with Gasteiger partial charge in [-0.05, 0) is 19.3 Å². The Kier molecular flexibility index (Phi) is 2.69. The largest absolute Gasteiger partial charge is 0.481 e. The van der Waals surface area contributed by atoms with Crippen LogP contribution < -0.4 is 11.5 Å². The minimum atomic E-state index is -0.827. The van der Waals surface area contributed by atoms with E-state index in [4.69, 9.17) is 16.6 Å². The summed E-state index contributed by atoms with van der Waals surface area (Å²) in [7, 11) is 0. The molecule has 0 aromatic carbocycles. The number of hydrogen-bond acceptors (Lipinski definition) is 3. The summed E-state index contributed by atoms with van der Waals surface area (Å²) >= 11 is 0. The van der Waals surface area contributed by atoms with Crippen LogP contribution in [-0.2, 0) is 4.79 Å². The first-order valence-corrected chi connectivity index (χ1v) is 4.28. The maximum Gasteiger partial charge on any atom is 0.305 e. The van der Waals surface area contributed by atoms with Crippen molar-refractivity contribution in [1.82, 2.24) is 0 Å². The molecule has 0 radical (unpaired) electrons. The monoisotopic (exact) mass is 172 g/mol. The molecule has 0 bridgehead atoms. The van der Waals surface area contributed by atoms with E-state index in [1.807, 2.05) is 0 Å². The lowest BCUT2D eigenvalue weighted by Crippen LogP contribution is -2.49. The fourth-order valence-corrected chi connectivity index (χ4v) is 1.90. The lowest BCUT2D eigenvalue weighted by atomic mass is 9.78. The molecule has 0 heterocycles. The molecule has 1 saturated carbocycles. The fourth-order valence-electron chi connectivity index (χ4n) is 1.90. The maximum atomic E-state index is 10.5. The first kappa shape index (κ1) is 9.48. The second-order valence-corrected chi connectivity index (χ2v) is 3.79. The summed E-state index contributed by atoms with van der Waals surface area (Å²) in [6, 6.07) is 0.0862. The van der Waals surface area contributed by atoms with Crippen molar-refractivity contribution in [2.45, 2.75) is 43.7 Å². The summed E-state index contributed by atoms with van der Waals surface area (Å²) < 4.78 is 0. The van der Waals surface area contributed by atoms with E-state index in [-0.39, 0.29) is 12.5 Å². The van der Waals surface area contributed by atoms with E-state index in [0.717, 1.165) is 19.3 Å². The fraction of sp³-hybridized carbons (Fsp3) is 0.875. The predicted molar refractivity (Wildman–Crippen MR) is 45.6 cm³/mol. The number of hydrogen-bond donors (Lipinski definition) is 3. The molecular weight excluding hydrogens is 156 g/mol. The summed E-state index contributed by atoms with van der Waals surface area (Å²) in [6.07, 6.45) is 3.39. The summed E-state index contributed by atoms with van der Waals surface area (Å²) in [4.78, 5) is 10.5. The van der Waals surface area contributed by atoms with Crippen molar-refractivity contribution in [3.05, 3.63) is 0 Å². The van der Waals surface area contributed by atoms with Gasteiger partial charge in [0.1, 0.15) is 0 Å². The Morgan fingerprint density at radius 1 is 1.67 bits per heavy atom. The van der Waals surface area contributed by atoms with Gasteiger partial charge < -0.3 is 16.6 Å². The molecule has 4 nitrogen and oxygen atoms in total. The predicted octanol–water partition coefficient (Wildman–Crippen LogP) is 0.0599. The van der Waals surface area contributed by atoms with Crippen LogP contribution in [-0.4, -0.2) is 22.7 Å². The third-order valence-corrected chi connectivity index (χ3v) is 2.42.